The van der Waals surface area contributed by atoms with Gasteiger partial charge in [0.25, 0.3) is 0 Å². The van der Waals surface area contributed by atoms with Crippen molar-refractivity contribution in [3.63, 3.8) is 0 Å². The van der Waals surface area contributed by atoms with Gasteiger partial charge in [-0.15, -0.1) is 0 Å². The molecule has 0 spiro atoms. The second-order valence-electron chi connectivity index (χ2n) is 4.80. The molecule has 2 rings (SSSR count). The van der Waals surface area contributed by atoms with E-state index in [0.29, 0.717) is 15.6 Å². The van der Waals surface area contributed by atoms with Crippen molar-refractivity contribution >= 4 is 41.2 Å². The van der Waals surface area contributed by atoms with Crippen molar-refractivity contribution in [2.75, 3.05) is 7.11 Å². The quantitative estimate of drug-likeness (QED) is 0.577. The normalized spacial score (nSPS) is 10.6. The minimum Gasteiger partial charge on any atom is -0.465 e. The average Bonchev–Trinajstić information content (AvgIpc) is 2.60. The molecule has 0 fully saturated rings. The van der Waals surface area contributed by atoms with Gasteiger partial charge in [-0.05, 0) is 41.5 Å². The number of esters is 2. The number of hydrogen-bond donors (Lipinski definition) is 0. The Morgan fingerprint density at radius 2 is 1.75 bits per heavy atom. The van der Waals surface area contributed by atoms with Gasteiger partial charge in [0.1, 0.15) is 6.61 Å². The molecule has 124 valence electrons. The summed E-state index contributed by atoms with van der Waals surface area (Å²) in [5.41, 5.74) is 1.94. The number of carbonyl (C=O) groups excluding carboxylic acids is 2. The van der Waals surface area contributed by atoms with Crippen LogP contribution in [0.1, 0.15) is 21.5 Å². The lowest BCUT2D eigenvalue weighted by molar-refractivity contribution is -0.138. The van der Waals surface area contributed by atoms with Gasteiger partial charge in [0, 0.05) is 6.08 Å². The predicted molar refractivity (Wildman–Crippen MR) is 93.1 cm³/mol. The minimum absolute atomic E-state index is 0.103. The largest absolute Gasteiger partial charge is 0.465 e. The smallest absolute Gasteiger partial charge is 0.337 e. The topological polar surface area (TPSA) is 52.6 Å². The van der Waals surface area contributed by atoms with Gasteiger partial charge >= 0.3 is 11.9 Å². The Morgan fingerprint density at radius 3 is 2.38 bits per heavy atom. The van der Waals surface area contributed by atoms with E-state index in [0.717, 1.165) is 11.1 Å². The Bertz CT molecular complexity index is 767. The van der Waals surface area contributed by atoms with Crippen LogP contribution < -0.4 is 0 Å². The van der Waals surface area contributed by atoms with Crippen LogP contribution in [0, 0.1) is 0 Å². The summed E-state index contributed by atoms with van der Waals surface area (Å²) in [6.07, 6.45) is 2.90. The fourth-order valence-electron chi connectivity index (χ4n) is 1.84. The number of rotatable bonds is 5. The molecule has 2 aromatic carbocycles. The highest BCUT2D eigenvalue weighted by molar-refractivity contribution is 6.42. The molecule has 0 saturated heterocycles. The lowest BCUT2D eigenvalue weighted by atomic mass is 10.1. The zero-order valence-corrected chi connectivity index (χ0v) is 14.3. The fraction of sp³-hybridized carbons (Fsp3) is 0.111. The highest BCUT2D eigenvalue weighted by Crippen LogP contribution is 2.23. The number of carbonyl (C=O) groups is 2. The van der Waals surface area contributed by atoms with Crippen LogP contribution in [0.3, 0.4) is 0 Å². The molecule has 0 heterocycles. The molecule has 24 heavy (non-hydrogen) atoms. The summed E-state index contributed by atoms with van der Waals surface area (Å²) in [7, 11) is 1.32. The van der Waals surface area contributed by atoms with Crippen molar-refractivity contribution in [2.45, 2.75) is 6.61 Å². The fourth-order valence-corrected chi connectivity index (χ4v) is 2.14. The van der Waals surface area contributed by atoms with Gasteiger partial charge in [0.05, 0.1) is 22.7 Å². The van der Waals surface area contributed by atoms with Gasteiger partial charge in [-0.2, -0.15) is 0 Å². The highest BCUT2D eigenvalue weighted by atomic mass is 35.5. The first-order valence-electron chi connectivity index (χ1n) is 6.97. The first kappa shape index (κ1) is 18.0. The van der Waals surface area contributed by atoms with Crippen molar-refractivity contribution in [2.24, 2.45) is 0 Å². The molecule has 0 aliphatic rings. The van der Waals surface area contributed by atoms with Crippen LogP contribution >= 0.6 is 23.2 Å². The zero-order valence-electron chi connectivity index (χ0n) is 12.8. The van der Waals surface area contributed by atoms with E-state index in [-0.39, 0.29) is 6.61 Å². The van der Waals surface area contributed by atoms with E-state index in [9.17, 15) is 9.59 Å². The summed E-state index contributed by atoms with van der Waals surface area (Å²) < 4.78 is 9.74. The van der Waals surface area contributed by atoms with Crippen molar-refractivity contribution in [3.8, 4) is 0 Å². The van der Waals surface area contributed by atoms with E-state index >= 15 is 0 Å². The summed E-state index contributed by atoms with van der Waals surface area (Å²) in [6.45, 7) is 0.103. The first-order chi connectivity index (χ1) is 11.5. The van der Waals surface area contributed by atoms with Crippen molar-refractivity contribution in [3.05, 3.63) is 75.3 Å². The van der Waals surface area contributed by atoms with Crippen LogP contribution in [-0.4, -0.2) is 19.0 Å². The van der Waals surface area contributed by atoms with Crippen LogP contribution in [0.25, 0.3) is 6.08 Å². The molecule has 0 N–H and O–H groups in total. The number of methoxy groups -OCH3 is 1. The Balaban J connectivity index is 1.89. The van der Waals surface area contributed by atoms with E-state index in [2.05, 4.69) is 4.74 Å². The highest BCUT2D eigenvalue weighted by Gasteiger charge is 2.05. The Kier molecular flexibility index (Phi) is 6.41. The summed E-state index contributed by atoms with van der Waals surface area (Å²) in [6, 6.07) is 11.7. The molecule has 4 nitrogen and oxygen atoms in total. The third-order valence-electron chi connectivity index (χ3n) is 3.11. The second-order valence-corrected chi connectivity index (χ2v) is 5.62. The van der Waals surface area contributed by atoms with Crippen molar-refractivity contribution < 1.29 is 19.1 Å². The summed E-state index contributed by atoms with van der Waals surface area (Å²) in [5.74, 6) is -0.902. The van der Waals surface area contributed by atoms with Gasteiger partial charge in [0.15, 0.2) is 0 Å². The summed E-state index contributed by atoms with van der Waals surface area (Å²) >= 11 is 11.7. The minimum atomic E-state index is -0.488. The van der Waals surface area contributed by atoms with E-state index in [1.807, 2.05) is 0 Å². The molecule has 0 aliphatic carbocycles. The molecule has 0 aliphatic heterocycles. The second kappa shape index (κ2) is 8.52. The van der Waals surface area contributed by atoms with Crippen LogP contribution in [0.4, 0.5) is 0 Å². The molecule has 0 radical (unpaired) electrons. The number of halogens is 2. The molecule has 0 aromatic heterocycles. The van der Waals surface area contributed by atoms with Crippen molar-refractivity contribution in [1.82, 2.24) is 0 Å². The predicted octanol–water partition coefficient (Wildman–Crippen LogP) is 4.54. The molecule has 0 saturated carbocycles. The Labute approximate surface area is 149 Å². The number of hydrogen-bond acceptors (Lipinski definition) is 4. The van der Waals surface area contributed by atoms with E-state index < -0.39 is 11.9 Å². The van der Waals surface area contributed by atoms with Crippen molar-refractivity contribution in [1.29, 1.82) is 0 Å². The van der Waals surface area contributed by atoms with E-state index in [1.165, 1.54) is 13.2 Å². The summed E-state index contributed by atoms with van der Waals surface area (Å²) in [5, 5.41) is 0.865. The van der Waals surface area contributed by atoms with E-state index in [1.54, 1.807) is 48.5 Å². The summed E-state index contributed by atoms with van der Waals surface area (Å²) in [4.78, 5) is 23.0. The number of ether oxygens (including phenoxy) is 2. The number of benzene rings is 2. The van der Waals surface area contributed by atoms with Gasteiger partial charge in [0.2, 0.25) is 0 Å². The van der Waals surface area contributed by atoms with Gasteiger partial charge in [-0.3, -0.25) is 0 Å². The van der Waals surface area contributed by atoms with Crippen LogP contribution in [0.5, 0.6) is 0 Å². The average molecular weight is 365 g/mol. The lowest BCUT2D eigenvalue weighted by Gasteiger charge is -2.04. The molecule has 6 heteroatoms. The third-order valence-corrected chi connectivity index (χ3v) is 3.85. The molecular weight excluding hydrogens is 351 g/mol. The molecule has 0 atom stereocenters. The van der Waals surface area contributed by atoms with Gasteiger partial charge in [-0.1, -0.05) is 41.4 Å². The maximum absolute atomic E-state index is 11.7. The Morgan fingerprint density at radius 1 is 1.04 bits per heavy atom. The lowest BCUT2D eigenvalue weighted by Crippen LogP contribution is -2.03. The standard InChI is InChI=1S/C18H14Cl2O4/c1-23-18(22)14-6-2-13(3-7-14)11-24-17(21)9-5-12-4-8-15(19)16(20)10-12/h2-10H,11H2,1H3/b9-5+. The Hall–Kier alpha value is -2.30. The molecule has 0 amide bonds. The molecule has 2 aromatic rings. The van der Waals surface area contributed by atoms with Gasteiger partial charge in [-0.25, -0.2) is 9.59 Å². The molecular formula is C18H14Cl2O4. The van der Waals surface area contributed by atoms with Crippen LogP contribution in [0.15, 0.2) is 48.5 Å². The van der Waals surface area contributed by atoms with Crippen LogP contribution in [-0.2, 0) is 20.9 Å². The zero-order chi connectivity index (χ0) is 17.5. The maximum atomic E-state index is 11.7. The van der Waals surface area contributed by atoms with Crippen LogP contribution in [0.2, 0.25) is 10.0 Å². The first-order valence-corrected chi connectivity index (χ1v) is 7.72. The van der Waals surface area contributed by atoms with E-state index in [4.69, 9.17) is 27.9 Å². The maximum Gasteiger partial charge on any atom is 0.337 e. The third kappa shape index (κ3) is 5.11. The monoisotopic (exact) mass is 364 g/mol. The SMILES string of the molecule is COC(=O)c1ccc(COC(=O)/C=C/c2ccc(Cl)c(Cl)c2)cc1. The molecule has 0 unspecified atom stereocenters. The van der Waals surface area contributed by atoms with Gasteiger partial charge < -0.3 is 9.47 Å². The molecule has 0 bridgehead atoms.